The van der Waals surface area contributed by atoms with Gasteiger partial charge in [0.1, 0.15) is 5.82 Å². The number of hydrogen-bond acceptors (Lipinski definition) is 4. The second-order valence-electron chi connectivity index (χ2n) is 9.38. The van der Waals surface area contributed by atoms with E-state index in [1.807, 2.05) is 23.1 Å². The molecule has 5 rings (SSSR count). The third kappa shape index (κ3) is 4.89. The van der Waals surface area contributed by atoms with Gasteiger partial charge in [0.25, 0.3) is 5.92 Å². The number of anilines is 1. The fraction of sp³-hybridized carbons (Fsp3) is 0.542. The van der Waals surface area contributed by atoms with Gasteiger partial charge >= 0.3 is 0 Å². The van der Waals surface area contributed by atoms with Crippen molar-refractivity contribution in [2.24, 2.45) is 0 Å². The molecule has 0 aliphatic carbocycles. The van der Waals surface area contributed by atoms with E-state index in [0.717, 1.165) is 43.2 Å². The van der Waals surface area contributed by atoms with Gasteiger partial charge in [-0.25, -0.2) is 13.8 Å². The summed E-state index contributed by atoms with van der Waals surface area (Å²) >= 11 is 12.2. The third-order valence-electron chi connectivity index (χ3n) is 7.17. The summed E-state index contributed by atoms with van der Waals surface area (Å²) in [5.41, 5.74) is 1.20. The van der Waals surface area contributed by atoms with Gasteiger partial charge in [-0.05, 0) is 49.1 Å². The van der Waals surface area contributed by atoms with E-state index in [9.17, 15) is 8.78 Å². The van der Waals surface area contributed by atoms with Gasteiger partial charge in [-0.1, -0.05) is 35.3 Å². The minimum absolute atomic E-state index is 0.0254. The number of benzene rings is 1. The molecule has 8 heteroatoms. The maximum atomic E-state index is 14.2. The monoisotopic (exact) mass is 480 g/mol. The molecule has 0 saturated carbocycles. The van der Waals surface area contributed by atoms with E-state index in [4.69, 9.17) is 23.2 Å². The molecule has 1 aromatic heterocycles. The smallest absolute Gasteiger partial charge is 0.262 e. The summed E-state index contributed by atoms with van der Waals surface area (Å²) in [7, 11) is 0. The van der Waals surface area contributed by atoms with Gasteiger partial charge in [0.05, 0.1) is 6.54 Å². The molecule has 2 atom stereocenters. The predicted octanol–water partition coefficient (Wildman–Crippen LogP) is 4.99. The van der Waals surface area contributed by atoms with Crippen LogP contribution in [0.4, 0.5) is 14.6 Å². The molecular weight excluding hydrogens is 453 g/mol. The zero-order valence-electron chi connectivity index (χ0n) is 17.9. The highest BCUT2D eigenvalue weighted by Gasteiger charge is 2.49. The number of piperidine rings is 1. The number of rotatable bonds is 4. The van der Waals surface area contributed by atoms with Crippen LogP contribution in [0, 0.1) is 0 Å². The van der Waals surface area contributed by atoms with Crippen LogP contribution >= 0.6 is 23.2 Å². The number of fused-ring (bicyclic) bond motifs is 1. The Morgan fingerprint density at radius 3 is 2.44 bits per heavy atom. The summed E-state index contributed by atoms with van der Waals surface area (Å²) in [5, 5.41) is 1.41. The molecule has 0 bridgehead atoms. The molecule has 0 unspecified atom stereocenters. The first kappa shape index (κ1) is 22.3. The van der Waals surface area contributed by atoms with Crippen molar-refractivity contribution in [2.75, 3.05) is 37.6 Å². The van der Waals surface area contributed by atoms with Gasteiger partial charge in [0.2, 0.25) is 0 Å². The Morgan fingerprint density at radius 2 is 1.72 bits per heavy atom. The van der Waals surface area contributed by atoms with Gasteiger partial charge in [0.15, 0.2) is 0 Å². The van der Waals surface area contributed by atoms with E-state index in [2.05, 4.69) is 26.9 Å². The van der Waals surface area contributed by atoms with Crippen LogP contribution in [-0.2, 0) is 6.42 Å². The van der Waals surface area contributed by atoms with Crippen LogP contribution in [0.1, 0.15) is 24.8 Å². The van der Waals surface area contributed by atoms with Crippen LogP contribution in [-0.4, -0.2) is 71.6 Å². The van der Waals surface area contributed by atoms with E-state index in [1.54, 1.807) is 12.3 Å². The van der Waals surface area contributed by atoms with Gasteiger partial charge in [-0.15, -0.1) is 0 Å². The van der Waals surface area contributed by atoms with Crippen LogP contribution in [0.5, 0.6) is 0 Å². The number of pyridine rings is 1. The minimum Gasteiger partial charge on any atom is -0.356 e. The molecule has 3 aliphatic heterocycles. The SMILES string of the molecule is FC1(F)C[C@H]2CN(C3CCN(c4cc(Cl)ccn4)CC3)[C@@H](Cc3ccc(Cl)cc3)CN2C1. The second-order valence-corrected chi connectivity index (χ2v) is 10.2. The normalized spacial score (nSPS) is 26.9. The van der Waals surface area contributed by atoms with Crippen molar-refractivity contribution in [3.05, 3.63) is 58.2 Å². The molecule has 4 nitrogen and oxygen atoms in total. The topological polar surface area (TPSA) is 22.6 Å². The first-order valence-corrected chi connectivity index (χ1v) is 12.1. The van der Waals surface area contributed by atoms with Crippen molar-refractivity contribution in [1.29, 1.82) is 0 Å². The summed E-state index contributed by atoms with van der Waals surface area (Å²) in [6.45, 7) is 3.09. The molecule has 4 heterocycles. The van der Waals surface area contributed by atoms with Crippen molar-refractivity contribution >= 4 is 29.0 Å². The molecule has 3 aliphatic rings. The van der Waals surface area contributed by atoms with E-state index < -0.39 is 5.92 Å². The van der Waals surface area contributed by atoms with E-state index in [1.165, 1.54) is 5.56 Å². The number of hydrogen-bond donors (Lipinski definition) is 0. The lowest BCUT2D eigenvalue weighted by atomic mass is 9.94. The number of piperazine rings is 1. The number of nitrogens with zero attached hydrogens (tertiary/aromatic N) is 4. The summed E-state index contributed by atoms with van der Waals surface area (Å²) in [5.74, 6) is -1.67. The Bertz CT molecular complexity index is 934. The van der Waals surface area contributed by atoms with Crippen molar-refractivity contribution in [3.8, 4) is 0 Å². The molecule has 3 saturated heterocycles. The van der Waals surface area contributed by atoms with Crippen molar-refractivity contribution in [3.63, 3.8) is 0 Å². The lowest BCUT2D eigenvalue weighted by Crippen LogP contribution is -2.61. The van der Waals surface area contributed by atoms with Crippen LogP contribution in [0.15, 0.2) is 42.6 Å². The van der Waals surface area contributed by atoms with Crippen LogP contribution in [0.2, 0.25) is 10.0 Å². The fourth-order valence-electron chi connectivity index (χ4n) is 5.64. The molecule has 32 heavy (non-hydrogen) atoms. The second kappa shape index (κ2) is 9.05. The quantitative estimate of drug-likeness (QED) is 0.614. The lowest BCUT2D eigenvalue weighted by Gasteiger charge is -2.49. The zero-order chi connectivity index (χ0) is 22.3. The van der Waals surface area contributed by atoms with Crippen LogP contribution in [0.25, 0.3) is 0 Å². The van der Waals surface area contributed by atoms with E-state index in [0.29, 0.717) is 24.2 Å². The van der Waals surface area contributed by atoms with Crippen molar-refractivity contribution in [2.45, 2.75) is 49.7 Å². The standard InChI is InChI=1S/C24H28Cl2F2N4/c25-18-3-1-17(2-4-18)11-21-14-31-16-24(27,28)13-22(31)15-32(21)20-6-9-30(10-7-20)23-12-19(26)5-8-29-23/h1-5,8,12,20-22H,6-7,9-11,13-16H2/t21-,22-/m0/s1. The average molecular weight is 481 g/mol. The Balaban J connectivity index is 1.31. The summed E-state index contributed by atoms with van der Waals surface area (Å²) in [6.07, 6.45) is 4.55. The molecule has 0 spiro atoms. The fourth-order valence-corrected chi connectivity index (χ4v) is 5.92. The molecule has 0 radical (unpaired) electrons. The third-order valence-corrected chi connectivity index (χ3v) is 7.66. The zero-order valence-corrected chi connectivity index (χ0v) is 19.5. The Morgan fingerprint density at radius 1 is 0.969 bits per heavy atom. The molecular formula is C24H28Cl2F2N4. The maximum absolute atomic E-state index is 14.2. The highest BCUT2D eigenvalue weighted by molar-refractivity contribution is 6.31. The highest BCUT2D eigenvalue weighted by Crippen LogP contribution is 2.37. The van der Waals surface area contributed by atoms with Gasteiger partial charge in [0, 0.05) is 67.0 Å². The predicted molar refractivity (Wildman–Crippen MR) is 125 cm³/mol. The summed E-state index contributed by atoms with van der Waals surface area (Å²) in [6, 6.07) is 12.2. The lowest BCUT2D eigenvalue weighted by molar-refractivity contribution is 0.00133. The molecule has 1 aromatic carbocycles. The molecule has 0 N–H and O–H groups in total. The average Bonchev–Trinajstić information content (AvgIpc) is 3.08. The van der Waals surface area contributed by atoms with Crippen molar-refractivity contribution < 1.29 is 8.78 Å². The first-order chi connectivity index (χ1) is 15.4. The first-order valence-electron chi connectivity index (χ1n) is 11.3. The van der Waals surface area contributed by atoms with Crippen LogP contribution < -0.4 is 4.90 Å². The summed E-state index contributed by atoms with van der Waals surface area (Å²) in [4.78, 5) is 11.3. The van der Waals surface area contributed by atoms with Gasteiger partial charge in [-0.2, -0.15) is 0 Å². The van der Waals surface area contributed by atoms with Crippen LogP contribution in [0.3, 0.4) is 0 Å². The van der Waals surface area contributed by atoms with Crippen molar-refractivity contribution in [1.82, 2.24) is 14.8 Å². The van der Waals surface area contributed by atoms with Gasteiger partial charge < -0.3 is 4.90 Å². The van der Waals surface area contributed by atoms with E-state index in [-0.39, 0.29) is 25.0 Å². The van der Waals surface area contributed by atoms with E-state index >= 15 is 0 Å². The molecule has 3 fully saturated rings. The Hall–Kier alpha value is -1.47. The number of alkyl halides is 2. The highest BCUT2D eigenvalue weighted by atomic mass is 35.5. The number of aromatic nitrogens is 1. The largest absolute Gasteiger partial charge is 0.356 e. The molecule has 172 valence electrons. The summed E-state index contributed by atoms with van der Waals surface area (Å²) < 4.78 is 28.4. The van der Waals surface area contributed by atoms with Gasteiger partial charge in [-0.3, -0.25) is 9.80 Å². The number of halogens is 4. The maximum Gasteiger partial charge on any atom is 0.262 e. The molecule has 2 aromatic rings. The molecule has 0 amide bonds. The Labute approximate surface area is 198 Å². The Kier molecular flexibility index (Phi) is 6.32. The minimum atomic E-state index is -2.58.